The van der Waals surface area contributed by atoms with Gasteiger partial charge in [0.15, 0.2) is 6.61 Å². The monoisotopic (exact) mass is 390 g/mol. The number of rotatable bonds is 11. The minimum Gasteiger partial charge on any atom is -0.482 e. The lowest BCUT2D eigenvalue weighted by molar-refractivity contribution is -0.896. The van der Waals surface area contributed by atoms with Crippen molar-refractivity contribution < 1.29 is 19.2 Å². The summed E-state index contributed by atoms with van der Waals surface area (Å²) in [7, 11) is 0. The van der Waals surface area contributed by atoms with E-state index in [4.69, 9.17) is 4.74 Å². The molecule has 6 nitrogen and oxygen atoms in total. The van der Waals surface area contributed by atoms with Gasteiger partial charge in [0.05, 0.1) is 25.3 Å². The smallest absolute Gasteiger partial charge is 0.265 e. The largest absolute Gasteiger partial charge is 0.482 e. The zero-order valence-corrected chi connectivity index (χ0v) is 17.8. The first-order chi connectivity index (χ1) is 13.4. The van der Waals surface area contributed by atoms with Gasteiger partial charge in [0, 0.05) is 19.0 Å². The third kappa shape index (κ3) is 6.51. The zero-order valence-electron chi connectivity index (χ0n) is 17.8. The zero-order chi connectivity index (χ0) is 20.5. The van der Waals surface area contributed by atoms with Crippen molar-refractivity contribution in [2.75, 3.05) is 37.7 Å². The van der Waals surface area contributed by atoms with Gasteiger partial charge in [-0.3, -0.25) is 9.59 Å². The summed E-state index contributed by atoms with van der Waals surface area (Å²) in [6, 6.07) is 6.03. The van der Waals surface area contributed by atoms with Crippen molar-refractivity contribution in [3.05, 3.63) is 23.8 Å². The van der Waals surface area contributed by atoms with Gasteiger partial charge in [0.2, 0.25) is 5.91 Å². The molecule has 6 heteroatoms. The molecule has 28 heavy (non-hydrogen) atoms. The molecule has 0 aliphatic carbocycles. The lowest BCUT2D eigenvalue weighted by Crippen LogP contribution is -3.11. The van der Waals surface area contributed by atoms with Crippen LogP contribution in [0.15, 0.2) is 18.2 Å². The highest BCUT2D eigenvalue weighted by molar-refractivity contribution is 5.98. The third-order valence-electron chi connectivity index (χ3n) is 5.42. The molecule has 2 N–H and O–H groups in total. The molecule has 1 heterocycles. The number of nitrogens with one attached hydrogen (secondary N) is 2. The lowest BCUT2D eigenvalue weighted by atomic mass is 10.1. The molecule has 1 atom stereocenters. The Morgan fingerprint density at radius 2 is 2.04 bits per heavy atom. The topological polar surface area (TPSA) is 63.1 Å². The first-order valence-corrected chi connectivity index (χ1v) is 10.6. The predicted octanol–water partition coefficient (Wildman–Crippen LogP) is 1.71. The van der Waals surface area contributed by atoms with Crippen molar-refractivity contribution in [3.8, 4) is 5.75 Å². The van der Waals surface area contributed by atoms with Crippen LogP contribution in [-0.4, -0.2) is 50.6 Å². The van der Waals surface area contributed by atoms with Crippen molar-refractivity contribution in [2.24, 2.45) is 0 Å². The van der Waals surface area contributed by atoms with Crippen LogP contribution >= 0.6 is 0 Å². The van der Waals surface area contributed by atoms with Crippen LogP contribution in [0.25, 0.3) is 0 Å². The molecule has 2 rings (SSSR count). The van der Waals surface area contributed by atoms with Gasteiger partial charge in [0.1, 0.15) is 5.75 Å². The highest BCUT2D eigenvalue weighted by Gasteiger charge is 2.25. The van der Waals surface area contributed by atoms with Crippen molar-refractivity contribution >= 4 is 17.5 Å². The maximum atomic E-state index is 12.2. The molecule has 0 unspecified atom stereocenters. The summed E-state index contributed by atoms with van der Waals surface area (Å²) in [5.74, 6) is 0.747. The molecule has 0 fully saturated rings. The van der Waals surface area contributed by atoms with Gasteiger partial charge in [-0.15, -0.1) is 0 Å². The van der Waals surface area contributed by atoms with Crippen LogP contribution in [0, 0.1) is 6.92 Å². The van der Waals surface area contributed by atoms with Crippen LogP contribution in [0.4, 0.5) is 5.69 Å². The minimum absolute atomic E-state index is 0.0502. The van der Waals surface area contributed by atoms with Gasteiger partial charge in [-0.2, -0.15) is 0 Å². The Morgan fingerprint density at radius 1 is 1.29 bits per heavy atom. The van der Waals surface area contributed by atoms with E-state index in [0.717, 1.165) is 49.5 Å². The van der Waals surface area contributed by atoms with Gasteiger partial charge in [0.25, 0.3) is 5.91 Å². The molecule has 1 aliphatic heterocycles. The third-order valence-corrected chi connectivity index (χ3v) is 5.42. The Hall–Kier alpha value is -2.08. The molecule has 156 valence electrons. The van der Waals surface area contributed by atoms with Crippen LogP contribution in [0.3, 0.4) is 0 Å². The maximum absolute atomic E-state index is 12.2. The molecule has 1 aromatic rings. The van der Waals surface area contributed by atoms with E-state index < -0.39 is 0 Å². The first kappa shape index (κ1) is 22.2. The molecule has 0 saturated carbocycles. The molecule has 1 aromatic carbocycles. The van der Waals surface area contributed by atoms with E-state index in [-0.39, 0.29) is 24.5 Å². The highest BCUT2D eigenvalue weighted by atomic mass is 16.5. The summed E-state index contributed by atoms with van der Waals surface area (Å²) < 4.78 is 5.50. The van der Waals surface area contributed by atoms with Gasteiger partial charge >= 0.3 is 0 Å². The van der Waals surface area contributed by atoms with Crippen molar-refractivity contribution in [1.82, 2.24) is 5.32 Å². The standard InChI is InChI=1S/C22H35N3O3/c1-5-24(6-2)13-7-9-18(4)23-21(26)10-8-14-25-19-15-17(3)11-12-20(19)28-16-22(25)27/h11-12,15,18H,5-10,13-14,16H2,1-4H3,(H,23,26)/p+1/t18-/m0/s1. The fraction of sp³-hybridized carbons (Fsp3) is 0.636. The Balaban J connectivity index is 1.73. The minimum atomic E-state index is -0.0502. The molecular weight excluding hydrogens is 354 g/mol. The van der Waals surface area contributed by atoms with E-state index in [1.165, 1.54) is 0 Å². The van der Waals surface area contributed by atoms with E-state index >= 15 is 0 Å². The second-order valence-electron chi connectivity index (χ2n) is 7.73. The Kier molecular flexibility index (Phi) is 8.77. The number of anilines is 1. The number of amides is 2. The SMILES string of the molecule is CC[NH+](CC)CCC[C@H](C)NC(=O)CCCN1C(=O)COc2ccc(C)cc21. The quantitative estimate of drug-likeness (QED) is 0.605. The van der Waals surface area contributed by atoms with E-state index in [1.54, 1.807) is 9.80 Å². The van der Waals surface area contributed by atoms with E-state index in [0.29, 0.717) is 19.4 Å². The summed E-state index contributed by atoms with van der Waals surface area (Å²) >= 11 is 0. The Bertz CT molecular complexity index is 658. The number of hydrogen-bond acceptors (Lipinski definition) is 3. The van der Waals surface area contributed by atoms with Crippen molar-refractivity contribution in [2.45, 2.75) is 59.4 Å². The fourth-order valence-electron chi connectivity index (χ4n) is 3.64. The van der Waals surface area contributed by atoms with Crippen LogP contribution < -0.4 is 19.9 Å². The normalized spacial score (nSPS) is 14.6. The number of carbonyl (C=O) groups is 2. The maximum Gasteiger partial charge on any atom is 0.265 e. The molecule has 0 saturated heterocycles. The van der Waals surface area contributed by atoms with Crippen LogP contribution in [0.5, 0.6) is 5.75 Å². The average Bonchev–Trinajstić information content (AvgIpc) is 2.67. The van der Waals surface area contributed by atoms with Crippen molar-refractivity contribution in [1.29, 1.82) is 0 Å². The molecule has 0 aromatic heterocycles. The summed E-state index contributed by atoms with van der Waals surface area (Å²) in [5, 5.41) is 3.09. The summed E-state index contributed by atoms with van der Waals surface area (Å²) in [6.45, 7) is 12.5. The molecule has 0 radical (unpaired) electrons. The Morgan fingerprint density at radius 3 is 2.75 bits per heavy atom. The van der Waals surface area contributed by atoms with E-state index in [9.17, 15) is 9.59 Å². The number of ether oxygens (including phenoxy) is 1. The molecular formula is C22H36N3O3+. The van der Waals surface area contributed by atoms with E-state index in [2.05, 4.69) is 26.1 Å². The lowest BCUT2D eigenvalue weighted by Gasteiger charge is -2.29. The summed E-state index contributed by atoms with van der Waals surface area (Å²) in [6.07, 6.45) is 3.19. The second-order valence-corrected chi connectivity index (χ2v) is 7.73. The Labute approximate surface area is 169 Å². The van der Waals surface area contributed by atoms with Crippen LogP contribution in [-0.2, 0) is 9.59 Å². The fourth-order valence-corrected chi connectivity index (χ4v) is 3.64. The van der Waals surface area contributed by atoms with Gasteiger partial charge < -0.3 is 19.9 Å². The number of quaternary nitrogens is 1. The second kappa shape index (κ2) is 11.1. The summed E-state index contributed by atoms with van der Waals surface area (Å²) in [4.78, 5) is 27.8. The number of carbonyl (C=O) groups excluding carboxylic acids is 2. The summed E-state index contributed by atoms with van der Waals surface area (Å²) in [5.41, 5.74) is 1.89. The molecule has 1 aliphatic rings. The van der Waals surface area contributed by atoms with Crippen LogP contribution in [0.1, 0.15) is 52.0 Å². The number of nitrogens with zero attached hydrogens (tertiary/aromatic N) is 1. The number of hydrogen-bond donors (Lipinski definition) is 2. The highest BCUT2D eigenvalue weighted by Crippen LogP contribution is 2.32. The molecule has 0 spiro atoms. The van der Waals surface area contributed by atoms with Gasteiger partial charge in [-0.1, -0.05) is 6.07 Å². The van der Waals surface area contributed by atoms with Crippen LogP contribution in [0.2, 0.25) is 0 Å². The predicted molar refractivity (Wildman–Crippen MR) is 112 cm³/mol. The first-order valence-electron chi connectivity index (χ1n) is 10.6. The number of fused-ring (bicyclic) bond motifs is 1. The molecule has 0 bridgehead atoms. The number of benzene rings is 1. The van der Waals surface area contributed by atoms with E-state index in [1.807, 2.05) is 25.1 Å². The van der Waals surface area contributed by atoms with Gasteiger partial charge in [-0.25, -0.2) is 0 Å². The molecule has 2 amide bonds. The number of aryl methyl sites for hydroxylation is 1. The van der Waals surface area contributed by atoms with Gasteiger partial charge in [-0.05, 0) is 64.7 Å². The van der Waals surface area contributed by atoms with Crippen molar-refractivity contribution in [3.63, 3.8) is 0 Å². The average molecular weight is 391 g/mol.